The van der Waals surface area contributed by atoms with Crippen LogP contribution in [0.25, 0.3) is 0 Å². The summed E-state index contributed by atoms with van der Waals surface area (Å²) < 4.78 is 28.3. The Morgan fingerprint density at radius 1 is 1.06 bits per heavy atom. The minimum atomic E-state index is -3.66. The second-order valence-corrected chi connectivity index (χ2v) is 6.18. The Bertz CT molecular complexity index is 420. The van der Waals surface area contributed by atoms with E-state index >= 15 is 0 Å². The molecule has 0 aliphatic carbocycles. The summed E-state index contributed by atoms with van der Waals surface area (Å²) in [5.41, 5.74) is 0. The van der Waals surface area contributed by atoms with E-state index in [1.165, 1.54) is 0 Å². The van der Waals surface area contributed by atoms with Gasteiger partial charge >= 0.3 is 7.82 Å². The minimum Gasteiger partial charge on any atom is -0.402 e. The van der Waals surface area contributed by atoms with Gasteiger partial charge in [0.05, 0.1) is 17.2 Å². The first-order valence-electron chi connectivity index (χ1n) is 5.73. The van der Waals surface area contributed by atoms with Crippen LogP contribution in [-0.4, -0.2) is 12.2 Å². The molecule has 0 amide bonds. The Morgan fingerprint density at radius 3 is 2.00 bits per heavy atom. The van der Waals surface area contributed by atoms with Crippen LogP contribution in [0, 0.1) is 0 Å². The van der Waals surface area contributed by atoms with Gasteiger partial charge in [-0.1, -0.05) is 23.7 Å². The van der Waals surface area contributed by atoms with Crippen molar-refractivity contribution in [2.45, 2.75) is 39.9 Å². The summed E-state index contributed by atoms with van der Waals surface area (Å²) in [7, 11) is -3.66. The van der Waals surface area contributed by atoms with E-state index in [0.29, 0.717) is 5.02 Å². The summed E-state index contributed by atoms with van der Waals surface area (Å²) in [6, 6.07) is 6.75. The number of hydrogen-bond donors (Lipinski definition) is 0. The highest BCUT2D eigenvalue weighted by Crippen LogP contribution is 2.52. The van der Waals surface area contributed by atoms with Gasteiger partial charge in [-0.05, 0) is 39.8 Å². The molecule has 0 radical (unpaired) electrons. The third-order valence-electron chi connectivity index (χ3n) is 1.73. The Morgan fingerprint density at radius 2 is 1.56 bits per heavy atom. The fraction of sp³-hybridized carbons (Fsp3) is 0.500. The second kappa shape index (κ2) is 6.58. The molecule has 0 heterocycles. The third kappa shape index (κ3) is 4.99. The fourth-order valence-corrected chi connectivity index (χ4v) is 3.02. The van der Waals surface area contributed by atoms with Gasteiger partial charge in [-0.2, -0.15) is 0 Å². The van der Waals surface area contributed by atoms with Gasteiger partial charge in [0.15, 0.2) is 0 Å². The SMILES string of the molecule is CC(C)OP(=O)(Oc1ccccc1Cl)OC(C)C. The maximum Gasteiger partial charge on any atom is 0.530 e. The summed E-state index contributed by atoms with van der Waals surface area (Å²) in [5.74, 6) is 0.281. The molecule has 18 heavy (non-hydrogen) atoms. The van der Waals surface area contributed by atoms with Crippen molar-refractivity contribution in [1.82, 2.24) is 0 Å². The van der Waals surface area contributed by atoms with Gasteiger partial charge in [0, 0.05) is 0 Å². The highest BCUT2D eigenvalue weighted by atomic mass is 35.5. The maximum atomic E-state index is 12.4. The third-order valence-corrected chi connectivity index (χ3v) is 3.82. The van der Waals surface area contributed by atoms with Crippen molar-refractivity contribution in [3.8, 4) is 5.75 Å². The predicted octanol–water partition coefficient (Wildman–Crippen LogP) is 4.68. The van der Waals surface area contributed by atoms with Crippen molar-refractivity contribution < 1.29 is 18.1 Å². The van der Waals surface area contributed by atoms with Crippen molar-refractivity contribution in [2.75, 3.05) is 0 Å². The highest BCUT2D eigenvalue weighted by molar-refractivity contribution is 7.49. The quantitative estimate of drug-likeness (QED) is 0.714. The number of para-hydroxylation sites is 1. The topological polar surface area (TPSA) is 44.8 Å². The van der Waals surface area contributed by atoms with Crippen LogP contribution in [0.5, 0.6) is 5.75 Å². The molecule has 0 N–H and O–H groups in total. The molecule has 4 nitrogen and oxygen atoms in total. The average molecular weight is 293 g/mol. The Labute approximate surface area is 113 Å². The Hall–Kier alpha value is -0.540. The summed E-state index contributed by atoms with van der Waals surface area (Å²) in [6.45, 7) is 7.02. The normalized spacial score (nSPS) is 12.2. The molecule has 1 rings (SSSR count). The van der Waals surface area contributed by atoms with Crippen molar-refractivity contribution in [1.29, 1.82) is 0 Å². The maximum absolute atomic E-state index is 12.4. The van der Waals surface area contributed by atoms with Gasteiger partial charge in [-0.25, -0.2) is 4.57 Å². The van der Waals surface area contributed by atoms with E-state index in [0.717, 1.165) is 0 Å². The second-order valence-electron chi connectivity index (χ2n) is 4.28. The Kier molecular flexibility index (Phi) is 5.67. The molecule has 0 spiro atoms. The molecule has 1 aromatic carbocycles. The fourth-order valence-electron chi connectivity index (χ4n) is 1.22. The predicted molar refractivity (Wildman–Crippen MR) is 72.1 cm³/mol. The van der Waals surface area contributed by atoms with Crippen LogP contribution in [0.4, 0.5) is 0 Å². The van der Waals surface area contributed by atoms with Gasteiger partial charge in [0.25, 0.3) is 0 Å². The summed E-state index contributed by atoms with van der Waals surface area (Å²) >= 11 is 5.95. The number of rotatable bonds is 6. The van der Waals surface area contributed by atoms with Crippen LogP contribution < -0.4 is 4.52 Å². The van der Waals surface area contributed by atoms with Gasteiger partial charge in [0.1, 0.15) is 5.75 Å². The van der Waals surface area contributed by atoms with Crippen LogP contribution in [0.1, 0.15) is 27.7 Å². The molecule has 0 atom stereocenters. The minimum absolute atomic E-state index is 0.280. The summed E-state index contributed by atoms with van der Waals surface area (Å²) in [6.07, 6.45) is -0.561. The molecule has 0 aliphatic rings. The molecule has 0 aromatic heterocycles. The zero-order valence-corrected chi connectivity index (χ0v) is 12.6. The van der Waals surface area contributed by atoms with E-state index in [4.69, 9.17) is 25.2 Å². The number of halogens is 1. The number of benzene rings is 1. The monoisotopic (exact) mass is 292 g/mol. The molecule has 0 aliphatic heterocycles. The van der Waals surface area contributed by atoms with Crippen LogP contribution in [0.2, 0.25) is 5.02 Å². The lowest BCUT2D eigenvalue weighted by molar-refractivity contribution is 0.103. The van der Waals surface area contributed by atoms with Crippen LogP contribution >= 0.6 is 19.4 Å². The van der Waals surface area contributed by atoms with E-state index in [9.17, 15) is 4.57 Å². The van der Waals surface area contributed by atoms with E-state index in [2.05, 4.69) is 0 Å². The van der Waals surface area contributed by atoms with Gasteiger partial charge < -0.3 is 4.52 Å². The van der Waals surface area contributed by atoms with Gasteiger partial charge in [0.2, 0.25) is 0 Å². The largest absolute Gasteiger partial charge is 0.530 e. The van der Waals surface area contributed by atoms with E-state index in [-0.39, 0.29) is 18.0 Å². The molecule has 0 unspecified atom stereocenters. The lowest BCUT2D eigenvalue weighted by atomic mass is 10.3. The molecule has 0 saturated carbocycles. The lowest BCUT2D eigenvalue weighted by Crippen LogP contribution is -2.11. The first kappa shape index (κ1) is 15.5. The zero-order chi connectivity index (χ0) is 13.8. The molecule has 6 heteroatoms. The highest BCUT2D eigenvalue weighted by Gasteiger charge is 2.32. The van der Waals surface area contributed by atoms with Crippen LogP contribution in [-0.2, 0) is 13.6 Å². The molecule has 102 valence electrons. The number of phosphoric ester groups is 1. The molecular formula is C12H18ClO4P. The molecular weight excluding hydrogens is 275 g/mol. The van der Waals surface area contributed by atoms with Gasteiger partial charge in [-0.3, -0.25) is 9.05 Å². The van der Waals surface area contributed by atoms with Crippen molar-refractivity contribution in [2.24, 2.45) is 0 Å². The smallest absolute Gasteiger partial charge is 0.402 e. The lowest BCUT2D eigenvalue weighted by Gasteiger charge is -2.22. The number of hydrogen-bond acceptors (Lipinski definition) is 4. The zero-order valence-electron chi connectivity index (χ0n) is 10.9. The van der Waals surface area contributed by atoms with Crippen molar-refractivity contribution in [3.63, 3.8) is 0 Å². The van der Waals surface area contributed by atoms with E-state index in [1.54, 1.807) is 52.0 Å². The molecule has 1 aromatic rings. The summed E-state index contributed by atoms with van der Waals surface area (Å²) in [4.78, 5) is 0. The van der Waals surface area contributed by atoms with E-state index in [1.807, 2.05) is 0 Å². The average Bonchev–Trinajstić information content (AvgIpc) is 2.18. The van der Waals surface area contributed by atoms with Gasteiger partial charge in [-0.15, -0.1) is 0 Å². The molecule has 0 saturated heterocycles. The molecule has 0 fully saturated rings. The Balaban J connectivity index is 2.91. The van der Waals surface area contributed by atoms with Crippen LogP contribution in [0.15, 0.2) is 24.3 Å². The first-order chi connectivity index (χ1) is 8.32. The van der Waals surface area contributed by atoms with Crippen molar-refractivity contribution in [3.05, 3.63) is 29.3 Å². The summed E-state index contributed by atoms with van der Waals surface area (Å²) in [5, 5.41) is 0.359. The van der Waals surface area contributed by atoms with Crippen molar-refractivity contribution >= 4 is 19.4 Å². The standard InChI is InChI=1S/C12H18ClO4P/c1-9(2)15-18(14,16-10(3)4)17-12-8-6-5-7-11(12)13/h5-10H,1-4H3. The molecule has 0 bridgehead atoms. The number of phosphoric acid groups is 1. The first-order valence-corrected chi connectivity index (χ1v) is 7.57. The van der Waals surface area contributed by atoms with Crippen LogP contribution in [0.3, 0.4) is 0 Å². The van der Waals surface area contributed by atoms with E-state index < -0.39 is 7.82 Å².